The normalized spacial score (nSPS) is 11.9. The van der Waals surface area contributed by atoms with Gasteiger partial charge in [0.05, 0.1) is 7.11 Å². The molecule has 2 N–H and O–H groups in total. The number of nitrogens with two attached hydrogens (primary N) is 1. The number of rotatable bonds is 2. The van der Waals surface area contributed by atoms with Crippen molar-refractivity contribution in [3.8, 4) is 0 Å². The fourth-order valence-corrected chi connectivity index (χ4v) is 2.49. The molecule has 3 nitrogen and oxygen atoms in total. The van der Waals surface area contributed by atoms with Gasteiger partial charge in [0.1, 0.15) is 6.04 Å². The van der Waals surface area contributed by atoms with Gasteiger partial charge in [0.15, 0.2) is 0 Å². The van der Waals surface area contributed by atoms with Crippen molar-refractivity contribution in [3.63, 3.8) is 0 Å². The molecule has 0 aliphatic carbocycles. The number of benzene rings is 1. The van der Waals surface area contributed by atoms with Gasteiger partial charge in [-0.05, 0) is 22.4 Å². The monoisotopic (exact) mass is 257 g/mol. The van der Waals surface area contributed by atoms with E-state index >= 15 is 0 Å². The first-order chi connectivity index (χ1) is 7.24. The second kappa shape index (κ2) is 5.30. The third-order valence-electron chi connectivity index (χ3n) is 2.30. The van der Waals surface area contributed by atoms with Crippen molar-refractivity contribution in [3.05, 3.63) is 35.2 Å². The minimum atomic E-state index is -0.689. The van der Waals surface area contributed by atoms with Crippen LogP contribution in [0.5, 0.6) is 0 Å². The number of methoxy groups -OCH3 is 1. The van der Waals surface area contributed by atoms with Crippen LogP contribution in [0.3, 0.4) is 0 Å². The van der Waals surface area contributed by atoms with Crippen molar-refractivity contribution < 1.29 is 9.53 Å². The summed E-state index contributed by atoms with van der Waals surface area (Å²) >= 11 is 1.58. The standard InChI is InChI=1S/C11H11NO2S.ClH/c1-14-11(13)10(12)8-6-15-9-5-3-2-4-7(8)9;/h2-6,10H,12H2,1H3;1H. The predicted octanol–water partition coefficient (Wildman–Crippen LogP) is 2.50. The average molecular weight is 258 g/mol. The summed E-state index contributed by atoms with van der Waals surface area (Å²) in [5.74, 6) is -0.404. The van der Waals surface area contributed by atoms with Crippen LogP contribution in [0.4, 0.5) is 0 Å². The van der Waals surface area contributed by atoms with Crippen molar-refractivity contribution in [2.24, 2.45) is 5.73 Å². The second-order valence-electron chi connectivity index (χ2n) is 3.19. The SMILES string of the molecule is COC(=O)C(N)c1csc2ccccc12.Cl. The van der Waals surface area contributed by atoms with Crippen molar-refractivity contribution in [1.29, 1.82) is 0 Å². The molecular formula is C11H12ClNO2S. The first-order valence-electron chi connectivity index (χ1n) is 4.53. The Balaban J connectivity index is 0.00000128. The number of ether oxygens (including phenoxy) is 1. The second-order valence-corrected chi connectivity index (χ2v) is 4.10. The summed E-state index contributed by atoms with van der Waals surface area (Å²) in [5, 5.41) is 2.94. The summed E-state index contributed by atoms with van der Waals surface area (Å²) in [6, 6.07) is 7.18. The van der Waals surface area contributed by atoms with Crippen LogP contribution in [0.15, 0.2) is 29.6 Å². The number of carbonyl (C=O) groups is 1. The lowest BCUT2D eigenvalue weighted by Gasteiger charge is -2.07. The fourth-order valence-electron chi connectivity index (χ4n) is 1.49. The highest BCUT2D eigenvalue weighted by molar-refractivity contribution is 7.17. The number of esters is 1. The highest BCUT2D eigenvalue weighted by atomic mass is 35.5. The van der Waals surface area contributed by atoms with Crippen LogP contribution in [0.2, 0.25) is 0 Å². The predicted molar refractivity (Wildman–Crippen MR) is 68.0 cm³/mol. The van der Waals surface area contributed by atoms with E-state index in [2.05, 4.69) is 4.74 Å². The largest absolute Gasteiger partial charge is 0.468 e. The van der Waals surface area contributed by atoms with E-state index in [1.165, 1.54) is 7.11 Å². The van der Waals surface area contributed by atoms with Gasteiger partial charge in [0.25, 0.3) is 0 Å². The zero-order chi connectivity index (χ0) is 10.8. The molecule has 86 valence electrons. The molecule has 1 heterocycles. The maximum Gasteiger partial charge on any atom is 0.327 e. The van der Waals surface area contributed by atoms with Crippen LogP contribution in [0.25, 0.3) is 10.1 Å². The van der Waals surface area contributed by atoms with Crippen LogP contribution < -0.4 is 5.73 Å². The third-order valence-corrected chi connectivity index (χ3v) is 3.28. The van der Waals surface area contributed by atoms with E-state index in [4.69, 9.17) is 5.73 Å². The minimum Gasteiger partial charge on any atom is -0.468 e. The van der Waals surface area contributed by atoms with Crippen molar-refractivity contribution in [2.45, 2.75) is 6.04 Å². The third kappa shape index (κ3) is 2.19. The molecule has 2 rings (SSSR count). The Labute approximate surface area is 104 Å². The summed E-state index contributed by atoms with van der Waals surface area (Å²) in [4.78, 5) is 11.3. The van der Waals surface area contributed by atoms with Gasteiger partial charge in [0.2, 0.25) is 0 Å². The Morgan fingerprint density at radius 2 is 2.12 bits per heavy atom. The van der Waals surface area contributed by atoms with E-state index < -0.39 is 12.0 Å². The van der Waals surface area contributed by atoms with E-state index in [0.717, 1.165) is 15.6 Å². The Bertz CT molecular complexity index is 497. The van der Waals surface area contributed by atoms with E-state index in [0.29, 0.717) is 0 Å². The number of carbonyl (C=O) groups excluding carboxylic acids is 1. The van der Waals surface area contributed by atoms with Gasteiger partial charge < -0.3 is 10.5 Å². The zero-order valence-electron chi connectivity index (χ0n) is 8.67. The molecule has 0 aliphatic heterocycles. The average Bonchev–Trinajstić information content (AvgIpc) is 2.70. The Morgan fingerprint density at radius 1 is 1.44 bits per heavy atom. The lowest BCUT2D eigenvalue weighted by molar-refractivity contribution is -0.142. The molecular weight excluding hydrogens is 246 g/mol. The van der Waals surface area contributed by atoms with Gasteiger partial charge in [-0.1, -0.05) is 18.2 Å². The molecule has 0 radical (unpaired) electrons. The van der Waals surface area contributed by atoms with E-state index in [1.807, 2.05) is 29.6 Å². The highest BCUT2D eigenvalue weighted by Gasteiger charge is 2.19. The van der Waals surface area contributed by atoms with Gasteiger partial charge in [-0.15, -0.1) is 23.7 Å². The van der Waals surface area contributed by atoms with E-state index in [9.17, 15) is 4.79 Å². The summed E-state index contributed by atoms with van der Waals surface area (Å²) < 4.78 is 5.76. The molecule has 2 aromatic rings. The van der Waals surface area contributed by atoms with Crippen LogP contribution in [0.1, 0.15) is 11.6 Å². The Hall–Kier alpha value is -1.10. The number of fused-ring (bicyclic) bond motifs is 1. The van der Waals surface area contributed by atoms with Gasteiger partial charge in [-0.2, -0.15) is 0 Å². The maximum absolute atomic E-state index is 11.3. The smallest absolute Gasteiger partial charge is 0.327 e. The molecule has 0 saturated heterocycles. The molecule has 0 fully saturated rings. The minimum absolute atomic E-state index is 0. The molecule has 0 amide bonds. The van der Waals surface area contributed by atoms with E-state index in [-0.39, 0.29) is 12.4 Å². The number of hydrogen-bond acceptors (Lipinski definition) is 4. The molecule has 1 aromatic heterocycles. The highest BCUT2D eigenvalue weighted by Crippen LogP contribution is 2.29. The number of halogens is 1. The van der Waals surface area contributed by atoms with Crippen LogP contribution in [-0.2, 0) is 9.53 Å². The number of hydrogen-bond donors (Lipinski definition) is 1. The first-order valence-corrected chi connectivity index (χ1v) is 5.41. The van der Waals surface area contributed by atoms with Crippen LogP contribution >= 0.6 is 23.7 Å². The zero-order valence-corrected chi connectivity index (χ0v) is 10.3. The van der Waals surface area contributed by atoms with Gasteiger partial charge >= 0.3 is 5.97 Å². The van der Waals surface area contributed by atoms with Gasteiger partial charge in [-0.3, -0.25) is 4.79 Å². The van der Waals surface area contributed by atoms with Crippen LogP contribution in [0, 0.1) is 0 Å². The molecule has 0 bridgehead atoms. The first kappa shape index (κ1) is 13.0. The van der Waals surface area contributed by atoms with Gasteiger partial charge in [0, 0.05) is 4.70 Å². The molecule has 1 unspecified atom stereocenters. The molecule has 16 heavy (non-hydrogen) atoms. The molecule has 0 spiro atoms. The molecule has 1 atom stereocenters. The molecule has 5 heteroatoms. The Morgan fingerprint density at radius 3 is 2.81 bits per heavy atom. The van der Waals surface area contributed by atoms with Crippen molar-refractivity contribution >= 4 is 39.8 Å². The fraction of sp³-hybridized carbons (Fsp3) is 0.182. The molecule has 0 saturated carbocycles. The Kier molecular flexibility index (Phi) is 4.29. The lowest BCUT2D eigenvalue weighted by atomic mass is 10.1. The lowest BCUT2D eigenvalue weighted by Crippen LogP contribution is -2.22. The number of thiophene rings is 1. The van der Waals surface area contributed by atoms with Gasteiger partial charge in [-0.25, -0.2) is 0 Å². The topological polar surface area (TPSA) is 52.3 Å². The molecule has 0 aliphatic rings. The summed E-state index contributed by atoms with van der Waals surface area (Å²) in [6.45, 7) is 0. The van der Waals surface area contributed by atoms with Crippen molar-refractivity contribution in [1.82, 2.24) is 0 Å². The van der Waals surface area contributed by atoms with Crippen molar-refractivity contribution in [2.75, 3.05) is 7.11 Å². The summed E-state index contributed by atoms with van der Waals surface area (Å²) in [6.07, 6.45) is 0. The summed E-state index contributed by atoms with van der Waals surface area (Å²) in [5.41, 5.74) is 6.63. The summed E-state index contributed by atoms with van der Waals surface area (Å²) in [7, 11) is 1.34. The molecule has 1 aromatic carbocycles. The maximum atomic E-state index is 11.3. The van der Waals surface area contributed by atoms with Crippen LogP contribution in [-0.4, -0.2) is 13.1 Å². The van der Waals surface area contributed by atoms with E-state index in [1.54, 1.807) is 11.3 Å². The quantitative estimate of drug-likeness (QED) is 0.841.